The molecule has 1 saturated carbocycles. The van der Waals surface area contributed by atoms with Crippen LogP contribution in [0.3, 0.4) is 0 Å². The van der Waals surface area contributed by atoms with Crippen LogP contribution in [0.25, 0.3) is 0 Å². The fourth-order valence-corrected chi connectivity index (χ4v) is 4.37. The van der Waals surface area contributed by atoms with Crippen LogP contribution in [0.15, 0.2) is 28.7 Å². The number of benzene rings is 1. The van der Waals surface area contributed by atoms with Gasteiger partial charge < -0.3 is 9.80 Å². The van der Waals surface area contributed by atoms with Crippen LogP contribution in [-0.2, 0) is 4.79 Å². The Morgan fingerprint density at radius 1 is 0.885 bits per heavy atom. The van der Waals surface area contributed by atoms with Crippen molar-refractivity contribution in [2.75, 3.05) is 26.2 Å². The van der Waals surface area contributed by atoms with Gasteiger partial charge in [-0.1, -0.05) is 48.0 Å². The predicted octanol–water partition coefficient (Wildman–Crippen LogP) is 4.48. The Morgan fingerprint density at radius 3 is 2.27 bits per heavy atom. The number of carbonyl (C=O) groups is 2. The summed E-state index contributed by atoms with van der Waals surface area (Å²) in [6, 6.07) is 7.49. The van der Waals surface area contributed by atoms with Crippen molar-refractivity contribution in [2.24, 2.45) is 5.92 Å². The van der Waals surface area contributed by atoms with Gasteiger partial charge in [-0.05, 0) is 43.0 Å². The molecule has 0 bridgehead atoms. The molecule has 0 atom stereocenters. The average Bonchev–Trinajstić information content (AvgIpc) is 2.93. The van der Waals surface area contributed by atoms with Crippen molar-refractivity contribution in [2.45, 2.75) is 51.4 Å². The lowest BCUT2D eigenvalue weighted by Gasteiger charge is -2.24. The summed E-state index contributed by atoms with van der Waals surface area (Å²) >= 11 is 3.40. The third-order valence-electron chi connectivity index (χ3n) is 5.72. The molecule has 0 N–H and O–H groups in total. The first-order valence-electron chi connectivity index (χ1n) is 9.96. The third-order valence-corrected chi connectivity index (χ3v) is 6.25. The summed E-state index contributed by atoms with van der Waals surface area (Å²) < 4.78 is 0.972. The van der Waals surface area contributed by atoms with E-state index in [0.717, 1.165) is 36.3 Å². The molecule has 0 aromatic heterocycles. The highest BCUT2D eigenvalue weighted by atomic mass is 79.9. The summed E-state index contributed by atoms with van der Waals surface area (Å²) in [7, 11) is 0. The second kappa shape index (κ2) is 9.54. The van der Waals surface area contributed by atoms with Crippen LogP contribution in [0.4, 0.5) is 0 Å². The number of amides is 2. The molecule has 1 saturated heterocycles. The topological polar surface area (TPSA) is 40.6 Å². The monoisotopic (exact) mass is 420 g/mol. The van der Waals surface area contributed by atoms with Crippen molar-refractivity contribution in [3.05, 3.63) is 34.3 Å². The minimum atomic E-state index is 0.0639. The number of hydrogen-bond donors (Lipinski definition) is 0. The van der Waals surface area contributed by atoms with Gasteiger partial charge in [0.05, 0.1) is 0 Å². The molecule has 4 nitrogen and oxygen atoms in total. The van der Waals surface area contributed by atoms with Crippen molar-refractivity contribution in [1.82, 2.24) is 9.80 Å². The van der Waals surface area contributed by atoms with E-state index in [1.54, 1.807) is 0 Å². The molecular formula is C21H29BrN2O2. The van der Waals surface area contributed by atoms with E-state index in [-0.39, 0.29) is 11.8 Å². The molecular weight excluding hydrogens is 392 g/mol. The normalized spacial score (nSPS) is 19.3. The summed E-state index contributed by atoms with van der Waals surface area (Å²) in [6.07, 6.45) is 9.18. The minimum Gasteiger partial charge on any atom is -0.341 e. The summed E-state index contributed by atoms with van der Waals surface area (Å²) in [5.41, 5.74) is 0.713. The zero-order valence-corrected chi connectivity index (χ0v) is 17.0. The molecule has 1 aliphatic heterocycles. The van der Waals surface area contributed by atoms with Crippen molar-refractivity contribution in [3.8, 4) is 0 Å². The van der Waals surface area contributed by atoms with Crippen LogP contribution in [0, 0.1) is 5.92 Å². The Kier molecular flexibility index (Phi) is 7.12. The van der Waals surface area contributed by atoms with Gasteiger partial charge in [-0.2, -0.15) is 0 Å². The van der Waals surface area contributed by atoms with Gasteiger partial charge in [0, 0.05) is 42.6 Å². The fourth-order valence-electron chi connectivity index (χ4n) is 4.11. The SMILES string of the molecule is O=C(CCC1CCCCC1)N1CCCN(C(=O)c2ccc(Br)cc2)CC1. The van der Waals surface area contributed by atoms with Gasteiger partial charge in [-0.3, -0.25) is 9.59 Å². The molecule has 1 aromatic rings. The molecule has 5 heteroatoms. The Bertz CT molecular complexity index is 611. The molecule has 142 valence electrons. The highest BCUT2D eigenvalue weighted by Gasteiger charge is 2.23. The van der Waals surface area contributed by atoms with Crippen LogP contribution in [-0.4, -0.2) is 47.8 Å². The van der Waals surface area contributed by atoms with Crippen LogP contribution >= 0.6 is 15.9 Å². The lowest BCUT2D eigenvalue weighted by molar-refractivity contribution is -0.131. The molecule has 3 rings (SSSR count). The molecule has 0 spiro atoms. The second-order valence-corrected chi connectivity index (χ2v) is 8.49. The van der Waals surface area contributed by atoms with E-state index in [1.807, 2.05) is 34.1 Å². The largest absolute Gasteiger partial charge is 0.341 e. The number of rotatable bonds is 4. The van der Waals surface area contributed by atoms with Crippen molar-refractivity contribution >= 4 is 27.7 Å². The van der Waals surface area contributed by atoms with E-state index < -0.39 is 0 Å². The fraction of sp³-hybridized carbons (Fsp3) is 0.619. The van der Waals surface area contributed by atoms with Crippen LogP contribution in [0.2, 0.25) is 0 Å². The highest BCUT2D eigenvalue weighted by molar-refractivity contribution is 9.10. The Labute approximate surface area is 165 Å². The van der Waals surface area contributed by atoms with Gasteiger partial charge in [0.25, 0.3) is 5.91 Å². The Hall–Kier alpha value is -1.36. The molecule has 0 unspecified atom stereocenters. The molecule has 1 aromatic carbocycles. The van der Waals surface area contributed by atoms with E-state index >= 15 is 0 Å². The quantitative estimate of drug-likeness (QED) is 0.719. The molecule has 2 amide bonds. The van der Waals surface area contributed by atoms with Crippen molar-refractivity contribution in [3.63, 3.8) is 0 Å². The zero-order valence-electron chi connectivity index (χ0n) is 15.5. The maximum Gasteiger partial charge on any atom is 0.253 e. The molecule has 2 aliphatic rings. The van der Waals surface area contributed by atoms with E-state index in [1.165, 1.54) is 32.1 Å². The van der Waals surface area contributed by atoms with E-state index in [9.17, 15) is 9.59 Å². The first-order chi connectivity index (χ1) is 12.6. The minimum absolute atomic E-state index is 0.0639. The van der Waals surface area contributed by atoms with Gasteiger partial charge >= 0.3 is 0 Å². The van der Waals surface area contributed by atoms with Gasteiger partial charge in [0.1, 0.15) is 0 Å². The lowest BCUT2D eigenvalue weighted by Crippen LogP contribution is -2.37. The molecule has 1 heterocycles. The van der Waals surface area contributed by atoms with Gasteiger partial charge in [0.15, 0.2) is 0 Å². The van der Waals surface area contributed by atoms with E-state index in [2.05, 4.69) is 15.9 Å². The molecule has 26 heavy (non-hydrogen) atoms. The third kappa shape index (κ3) is 5.32. The number of hydrogen-bond acceptors (Lipinski definition) is 2. The number of carbonyl (C=O) groups excluding carboxylic acids is 2. The summed E-state index contributed by atoms with van der Waals surface area (Å²) in [4.78, 5) is 29.1. The first-order valence-corrected chi connectivity index (χ1v) is 10.8. The van der Waals surface area contributed by atoms with Crippen LogP contribution < -0.4 is 0 Å². The average molecular weight is 421 g/mol. The predicted molar refractivity (Wildman–Crippen MR) is 107 cm³/mol. The van der Waals surface area contributed by atoms with Crippen LogP contribution in [0.1, 0.15) is 61.7 Å². The molecule has 2 fully saturated rings. The van der Waals surface area contributed by atoms with Gasteiger partial charge in [0.2, 0.25) is 5.91 Å². The summed E-state index contributed by atoms with van der Waals surface area (Å²) in [5, 5.41) is 0. The number of halogens is 1. The Morgan fingerprint density at radius 2 is 1.54 bits per heavy atom. The summed E-state index contributed by atoms with van der Waals surface area (Å²) in [6.45, 7) is 2.78. The van der Waals surface area contributed by atoms with Gasteiger partial charge in [-0.15, -0.1) is 0 Å². The second-order valence-electron chi connectivity index (χ2n) is 7.58. The van der Waals surface area contributed by atoms with E-state index in [4.69, 9.17) is 0 Å². The lowest BCUT2D eigenvalue weighted by atomic mass is 9.86. The van der Waals surface area contributed by atoms with Gasteiger partial charge in [-0.25, -0.2) is 0 Å². The Balaban J connectivity index is 1.48. The first kappa shape index (κ1) is 19.4. The van der Waals surface area contributed by atoms with Crippen molar-refractivity contribution < 1.29 is 9.59 Å². The molecule has 1 aliphatic carbocycles. The standard InChI is InChI=1S/C21H29BrN2O2/c22-19-10-8-18(9-11-19)21(26)24-14-4-13-23(15-16-24)20(25)12-7-17-5-2-1-3-6-17/h8-11,17H,1-7,12-16H2. The molecule has 0 radical (unpaired) electrons. The summed E-state index contributed by atoms with van der Waals surface area (Å²) in [5.74, 6) is 1.08. The highest BCUT2D eigenvalue weighted by Crippen LogP contribution is 2.27. The van der Waals surface area contributed by atoms with Crippen LogP contribution in [0.5, 0.6) is 0 Å². The maximum absolute atomic E-state index is 12.7. The van der Waals surface area contributed by atoms with E-state index in [0.29, 0.717) is 25.1 Å². The zero-order chi connectivity index (χ0) is 18.4. The van der Waals surface area contributed by atoms with Crippen molar-refractivity contribution in [1.29, 1.82) is 0 Å². The number of nitrogens with zero attached hydrogens (tertiary/aromatic N) is 2. The smallest absolute Gasteiger partial charge is 0.253 e. The maximum atomic E-state index is 12.7.